The van der Waals surface area contributed by atoms with Crippen LogP contribution in [0.3, 0.4) is 0 Å². The number of likely N-dealkylation sites (N-methyl/N-ethyl adjacent to an activating group) is 1. The van der Waals surface area contributed by atoms with Gasteiger partial charge in [0.25, 0.3) is 0 Å². The van der Waals surface area contributed by atoms with Crippen molar-refractivity contribution >= 4 is 17.3 Å². The number of nitrogens with one attached hydrogen (secondary N) is 1. The second-order valence-electron chi connectivity index (χ2n) is 6.99. The number of ether oxygens (including phenoxy) is 1. The van der Waals surface area contributed by atoms with Crippen LogP contribution < -0.4 is 5.32 Å². The van der Waals surface area contributed by atoms with E-state index in [2.05, 4.69) is 69.7 Å². The van der Waals surface area contributed by atoms with Crippen molar-refractivity contribution in [2.75, 3.05) is 40.8 Å². The fraction of sp³-hybridized carbons (Fsp3) is 0.545. The van der Waals surface area contributed by atoms with Gasteiger partial charge in [0, 0.05) is 33.1 Å². The lowest BCUT2D eigenvalue weighted by Gasteiger charge is -2.32. The van der Waals surface area contributed by atoms with Crippen molar-refractivity contribution in [3.8, 4) is 0 Å². The molecular formula is C22H35N5OS. The molecule has 2 rings (SSSR count). The first kappa shape index (κ1) is 23.3. The van der Waals surface area contributed by atoms with Crippen LogP contribution in [-0.4, -0.2) is 61.6 Å². The lowest BCUT2D eigenvalue weighted by Crippen LogP contribution is -2.43. The summed E-state index contributed by atoms with van der Waals surface area (Å²) in [7, 11) is 5.58. The van der Waals surface area contributed by atoms with E-state index in [1.54, 1.807) is 18.4 Å². The molecule has 1 aromatic carbocycles. The Labute approximate surface area is 179 Å². The van der Waals surface area contributed by atoms with Crippen LogP contribution in [0.5, 0.6) is 0 Å². The molecule has 0 bridgehead atoms. The number of rotatable bonds is 10. The first-order chi connectivity index (χ1) is 14.0. The fourth-order valence-corrected chi connectivity index (χ4v) is 4.21. The molecule has 29 heavy (non-hydrogen) atoms. The van der Waals surface area contributed by atoms with E-state index < -0.39 is 0 Å². The molecule has 0 saturated carbocycles. The number of guanidine groups is 1. The standard InChI is InChI=1S/C22H35N5OS/c1-7-27(8-2)20(18-12-10-9-11-13-18)14-24-22(23-4)26(5)15-19-16-29-21(25-19)17(3)28-6/h9-13,16-17,20H,7-8,14-15H2,1-6H3,(H,23,24). The van der Waals surface area contributed by atoms with E-state index in [0.717, 1.165) is 36.3 Å². The van der Waals surface area contributed by atoms with Crippen molar-refractivity contribution < 1.29 is 4.74 Å². The third-order valence-corrected chi connectivity index (χ3v) is 6.19. The minimum atomic E-state index is 0.0252. The van der Waals surface area contributed by atoms with Crippen molar-refractivity contribution in [1.29, 1.82) is 0 Å². The quantitative estimate of drug-likeness (QED) is 0.469. The molecule has 0 aliphatic heterocycles. The SMILES string of the molecule is CCN(CC)C(CNC(=NC)N(C)Cc1csc(C(C)OC)n1)c1ccccc1. The van der Waals surface area contributed by atoms with E-state index in [1.807, 2.05) is 21.0 Å². The van der Waals surface area contributed by atoms with Gasteiger partial charge in [-0.1, -0.05) is 44.2 Å². The number of thiazole rings is 1. The van der Waals surface area contributed by atoms with Gasteiger partial charge < -0.3 is 15.0 Å². The van der Waals surface area contributed by atoms with E-state index in [9.17, 15) is 0 Å². The summed E-state index contributed by atoms with van der Waals surface area (Å²) in [6.45, 7) is 9.95. The Kier molecular flexibility index (Phi) is 9.57. The molecule has 0 aliphatic carbocycles. The van der Waals surface area contributed by atoms with Crippen molar-refractivity contribution in [2.45, 2.75) is 39.5 Å². The lowest BCUT2D eigenvalue weighted by molar-refractivity contribution is 0.119. The fourth-order valence-electron chi connectivity index (χ4n) is 3.37. The van der Waals surface area contributed by atoms with Crippen LogP contribution in [0.2, 0.25) is 0 Å². The van der Waals surface area contributed by atoms with Crippen molar-refractivity contribution in [3.63, 3.8) is 0 Å². The lowest BCUT2D eigenvalue weighted by atomic mass is 10.1. The highest BCUT2D eigenvalue weighted by atomic mass is 32.1. The van der Waals surface area contributed by atoms with Gasteiger partial charge in [0.15, 0.2) is 5.96 Å². The monoisotopic (exact) mass is 417 g/mol. The Morgan fingerprint density at radius 2 is 1.93 bits per heavy atom. The summed E-state index contributed by atoms with van der Waals surface area (Å²) in [6, 6.07) is 11.0. The molecule has 6 nitrogen and oxygen atoms in total. The maximum atomic E-state index is 5.37. The average molecular weight is 418 g/mol. The maximum Gasteiger partial charge on any atom is 0.193 e. The Hall–Kier alpha value is -1.96. The van der Waals surface area contributed by atoms with E-state index in [4.69, 9.17) is 9.72 Å². The number of hydrogen-bond donors (Lipinski definition) is 1. The number of aliphatic imine (C=N–C) groups is 1. The van der Waals surface area contributed by atoms with Crippen LogP contribution in [0.4, 0.5) is 0 Å². The van der Waals surface area contributed by atoms with Gasteiger partial charge in [0.05, 0.1) is 18.3 Å². The summed E-state index contributed by atoms with van der Waals surface area (Å²) >= 11 is 1.64. The molecule has 0 aliphatic rings. The summed E-state index contributed by atoms with van der Waals surface area (Å²) in [6.07, 6.45) is 0.0252. The molecule has 2 unspecified atom stereocenters. The number of methoxy groups -OCH3 is 1. The van der Waals surface area contributed by atoms with Crippen LogP contribution in [0.15, 0.2) is 40.7 Å². The largest absolute Gasteiger partial charge is 0.375 e. The Morgan fingerprint density at radius 3 is 2.52 bits per heavy atom. The van der Waals surface area contributed by atoms with Crippen LogP contribution >= 0.6 is 11.3 Å². The van der Waals surface area contributed by atoms with Gasteiger partial charge in [-0.3, -0.25) is 9.89 Å². The Balaban J connectivity index is 2.04. The summed E-state index contributed by atoms with van der Waals surface area (Å²) in [5, 5.41) is 6.66. The van der Waals surface area contributed by atoms with E-state index in [0.29, 0.717) is 12.6 Å². The molecule has 0 spiro atoms. The summed E-state index contributed by atoms with van der Waals surface area (Å²) in [4.78, 5) is 13.8. The third-order valence-electron chi connectivity index (χ3n) is 5.13. The molecule has 2 atom stereocenters. The second kappa shape index (κ2) is 11.9. The topological polar surface area (TPSA) is 53.0 Å². The highest BCUT2D eigenvalue weighted by molar-refractivity contribution is 7.09. The van der Waals surface area contributed by atoms with Gasteiger partial charge in [-0.15, -0.1) is 11.3 Å². The Morgan fingerprint density at radius 1 is 1.24 bits per heavy atom. The zero-order valence-corrected chi connectivity index (χ0v) is 19.4. The molecule has 2 aromatic rings. The maximum absolute atomic E-state index is 5.37. The normalized spacial score (nSPS) is 14.1. The summed E-state index contributed by atoms with van der Waals surface area (Å²) in [5.74, 6) is 0.868. The summed E-state index contributed by atoms with van der Waals surface area (Å²) in [5.41, 5.74) is 2.35. The zero-order valence-electron chi connectivity index (χ0n) is 18.6. The smallest absolute Gasteiger partial charge is 0.193 e. The van der Waals surface area contributed by atoms with Crippen molar-refractivity contribution in [1.82, 2.24) is 20.1 Å². The molecule has 7 heteroatoms. The number of hydrogen-bond acceptors (Lipinski definition) is 5. The minimum Gasteiger partial charge on any atom is -0.375 e. The van der Waals surface area contributed by atoms with Crippen LogP contribution in [-0.2, 0) is 11.3 Å². The van der Waals surface area contributed by atoms with Gasteiger partial charge in [0.1, 0.15) is 11.1 Å². The minimum absolute atomic E-state index is 0.0252. The average Bonchev–Trinajstić information content (AvgIpc) is 3.22. The predicted molar refractivity (Wildman–Crippen MR) is 122 cm³/mol. The van der Waals surface area contributed by atoms with E-state index in [1.165, 1.54) is 5.56 Å². The van der Waals surface area contributed by atoms with Gasteiger partial charge in [-0.25, -0.2) is 4.98 Å². The van der Waals surface area contributed by atoms with Gasteiger partial charge in [0.2, 0.25) is 0 Å². The van der Waals surface area contributed by atoms with Crippen LogP contribution in [0.25, 0.3) is 0 Å². The first-order valence-corrected chi connectivity index (χ1v) is 11.1. The highest BCUT2D eigenvalue weighted by Crippen LogP contribution is 2.21. The first-order valence-electron chi connectivity index (χ1n) is 10.2. The number of aromatic nitrogens is 1. The molecule has 0 fully saturated rings. The zero-order chi connectivity index (χ0) is 21.2. The van der Waals surface area contributed by atoms with E-state index >= 15 is 0 Å². The molecule has 0 amide bonds. The van der Waals surface area contributed by atoms with Crippen LogP contribution in [0, 0.1) is 0 Å². The molecule has 1 heterocycles. The van der Waals surface area contributed by atoms with Gasteiger partial charge >= 0.3 is 0 Å². The van der Waals surface area contributed by atoms with Crippen LogP contribution in [0.1, 0.15) is 49.2 Å². The predicted octanol–water partition coefficient (Wildman–Crippen LogP) is 3.94. The third kappa shape index (κ3) is 6.52. The van der Waals surface area contributed by atoms with E-state index in [-0.39, 0.29) is 6.10 Å². The number of benzene rings is 1. The molecule has 160 valence electrons. The molecule has 1 N–H and O–H groups in total. The van der Waals surface area contributed by atoms with Crippen molar-refractivity contribution in [3.05, 3.63) is 52.0 Å². The second-order valence-corrected chi connectivity index (χ2v) is 7.88. The Bertz CT molecular complexity index is 745. The molecule has 0 saturated heterocycles. The summed E-state index contributed by atoms with van der Waals surface area (Å²) < 4.78 is 5.37. The van der Waals surface area contributed by atoms with Gasteiger partial charge in [-0.2, -0.15) is 0 Å². The molecule has 1 aromatic heterocycles. The molecule has 0 radical (unpaired) electrons. The van der Waals surface area contributed by atoms with Gasteiger partial charge in [-0.05, 0) is 25.6 Å². The van der Waals surface area contributed by atoms with Crippen molar-refractivity contribution in [2.24, 2.45) is 4.99 Å². The number of nitrogens with zero attached hydrogens (tertiary/aromatic N) is 4. The molecular weight excluding hydrogens is 382 g/mol. The highest BCUT2D eigenvalue weighted by Gasteiger charge is 2.19.